The van der Waals surface area contributed by atoms with Crippen molar-refractivity contribution in [3.8, 4) is 0 Å². The summed E-state index contributed by atoms with van der Waals surface area (Å²) in [5.41, 5.74) is 4.17. The van der Waals surface area contributed by atoms with E-state index in [9.17, 15) is 19.2 Å². The topological polar surface area (TPSA) is 99.3 Å². The molecular weight excluding hydrogens is 680 g/mol. The summed E-state index contributed by atoms with van der Waals surface area (Å²) in [7, 11) is -2.36. The summed E-state index contributed by atoms with van der Waals surface area (Å²) in [5.74, 6) is -1.77. The fourth-order valence-electron chi connectivity index (χ4n) is 8.91. The number of benzene rings is 3. The van der Waals surface area contributed by atoms with Crippen LogP contribution in [0.2, 0.25) is 17.1 Å². The summed E-state index contributed by atoms with van der Waals surface area (Å²) >= 11 is 6.74. The highest BCUT2D eigenvalue weighted by Crippen LogP contribution is 2.52. The second-order valence-corrected chi connectivity index (χ2v) is 18.5. The molecule has 4 heterocycles. The van der Waals surface area contributed by atoms with E-state index < -0.39 is 37.4 Å². The zero-order chi connectivity index (χ0) is 36.1. The number of esters is 1. The minimum absolute atomic E-state index is 0.0295. The Labute approximate surface area is 305 Å². The number of anilines is 2. The first-order valence-corrected chi connectivity index (χ1v) is 21.1. The van der Waals surface area contributed by atoms with Crippen molar-refractivity contribution in [2.45, 2.75) is 64.6 Å². The van der Waals surface area contributed by atoms with Crippen molar-refractivity contribution in [3.05, 3.63) is 93.5 Å². The highest BCUT2D eigenvalue weighted by Gasteiger charge is 2.58. The van der Waals surface area contributed by atoms with Crippen LogP contribution in [0.15, 0.2) is 60.7 Å². The SMILES string of the molecule is CCN(CC)c1ccc2c(c1)[Si]1(CCCCC1)c1cc(N(CC)CC)ccc1C21OC(=O)c2cc(Cl)c(C(=O)NCCN3C(=O)C=CC3=O)cc21. The van der Waals surface area contributed by atoms with Crippen LogP contribution in [-0.2, 0) is 19.9 Å². The first-order valence-electron chi connectivity index (χ1n) is 18.3. The Bertz CT molecular complexity index is 1880. The minimum Gasteiger partial charge on any atom is -0.441 e. The normalized spacial score (nSPS) is 17.7. The Morgan fingerprint density at radius 3 is 1.88 bits per heavy atom. The Morgan fingerprint density at radius 1 is 0.804 bits per heavy atom. The van der Waals surface area contributed by atoms with Gasteiger partial charge in [-0.1, -0.05) is 43.0 Å². The zero-order valence-corrected chi connectivity index (χ0v) is 31.6. The van der Waals surface area contributed by atoms with Gasteiger partial charge in [0.15, 0.2) is 5.60 Å². The summed E-state index contributed by atoms with van der Waals surface area (Å²) in [6.45, 7) is 12.3. The van der Waals surface area contributed by atoms with Crippen molar-refractivity contribution < 1.29 is 23.9 Å². The van der Waals surface area contributed by atoms with Gasteiger partial charge in [-0.05, 0) is 86.6 Å². The van der Waals surface area contributed by atoms with Crippen LogP contribution in [0.3, 0.4) is 0 Å². The van der Waals surface area contributed by atoms with Gasteiger partial charge in [-0.2, -0.15) is 0 Å². The van der Waals surface area contributed by atoms with Gasteiger partial charge < -0.3 is 19.9 Å². The van der Waals surface area contributed by atoms with E-state index in [0.29, 0.717) is 11.1 Å². The van der Waals surface area contributed by atoms with Gasteiger partial charge in [0.1, 0.15) is 8.07 Å². The number of imide groups is 1. The maximum absolute atomic E-state index is 14.0. The molecule has 11 heteroatoms. The number of carbonyl (C=O) groups is 4. The van der Waals surface area contributed by atoms with Crippen molar-refractivity contribution in [2.75, 3.05) is 49.1 Å². The molecule has 3 aromatic rings. The molecule has 0 unspecified atom stereocenters. The van der Waals surface area contributed by atoms with Crippen molar-refractivity contribution in [1.29, 1.82) is 0 Å². The molecule has 0 saturated carbocycles. The summed E-state index contributed by atoms with van der Waals surface area (Å²) in [5, 5.41) is 5.57. The van der Waals surface area contributed by atoms with Crippen molar-refractivity contribution in [3.63, 3.8) is 0 Å². The summed E-state index contributed by atoms with van der Waals surface area (Å²) in [6, 6.07) is 18.9. The van der Waals surface area contributed by atoms with Crippen molar-refractivity contribution >= 4 is 65.1 Å². The largest absolute Gasteiger partial charge is 0.441 e. The maximum Gasteiger partial charge on any atom is 0.340 e. The number of carbonyl (C=O) groups excluding carboxylic acids is 4. The van der Waals surface area contributed by atoms with E-state index in [1.54, 1.807) is 12.1 Å². The Balaban J connectivity index is 1.42. The number of nitrogens with one attached hydrogen (secondary N) is 1. The molecular formula is C40H45ClN4O5Si. The van der Waals surface area contributed by atoms with Crippen LogP contribution >= 0.6 is 11.6 Å². The third-order valence-electron chi connectivity index (χ3n) is 11.5. The first-order chi connectivity index (χ1) is 24.6. The van der Waals surface area contributed by atoms with Gasteiger partial charge in [0.25, 0.3) is 17.7 Å². The molecule has 266 valence electrons. The molecule has 3 amide bonds. The third-order valence-corrected chi connectivity index (χ3v) is 17.1. The lowest BCUT2D eigenvalue weighted by Gasteiger charge is -2.48. The van der Waals surface area contributed by atoms with Crippen LogP contribution < -0.4 is 25.5 Å². The molecule has 4 aliphatic rings. The molecule has 2 spiro atoms. The van der Waals surface area contributed by atoms with Crippen molar-refractivity contribution in [1.82, 2.24) is 10.2 Å². The number of nitrogens with zero attached hydrogens (tertiary/aromatic N) is 3. The predicted octanol–water partition coefficient (Wildman–Crippen LogP) is 5.21. The summed E-state index contributed by atoms with van der Waals surface area (Å²) < 4.78 is 6.69. The minimum atomic E-state index is -2.36. The molecule has 7 rings (SSSR count). The molecule has 9 nitrogen and oxygen atoms in total. The predicted molar refractivity (Wildman–Crippen MR) is 203 cm³/mol. The van der Waals surface area contributed by atoms with E-state index in [2.05, 4.69) is 79.2 Å². The van der Waals surface area contributed by atoms with Crippen molar-refractivity contribution in [2.24, 2.45) is 0 Å². The smallest absolute Gasteiger partial charge is 0.340 e. The number of ether oxygens (including phenoxy) is 1. The number of hydrogen-bond acceptors (Lipinski definition) is 7. The van der Waals surface area contributed by atoms with Gasteiger partial charge in [0.05, 0.1) is 16.1 Å². The van der Waals surface area contributed by atoms with Crippen LogP contribution in [0.5, 0.6) is 0 Å². The van der Waals surface area contributed by atoms with Gasteiger partial charge in [-0.25, -0.2) is 4.79 Å². The van der Waals surface area contributed by atoms with Gasteiger partial charge in [-0.15, -0.1) is 0 Å². The molecule has 3 aromatic carbocycles. The van der Waals surface area contributed by atoms with Gasteiger partial charge >= 0.3 is 5.97 Å². The fourth-order valence-corrected chi connectivity index (χ4v) is 14.9. The molecule has 0 radical (unpaired) electrons. The second kappa shape index (κ2) is 13.6. The number of fused-ring (bicyclic) bond motifs is 8. The molecule has 1 saturated heterocycles. The molecule has 51 heavy (non-hydrogen) atoms. The first kappa shape index (κ1) is 35.0. The summed E-state index contributed by atoms with van der Waals surface area (Å²) in [6.07, 6.45) is 5.96. The molecule has 1 N–H and O–H groups in total. The highest BCUT2D eigenvalue weighted by molar-refractivity contribution is 7.03. The van der Waals surface area contributed by atoms with E-state index >= 15 is 0 Å². The van der Waals surface area contributed by atoms with E-state index in [4.69, 9.17) is 16.3 Å². The average molecular weight is 725 g/mol. The molecule has 0 atom stereocenters. The molecule has 0 aromatic heterocycles. The quantitative estimate of drug-likeness (QED) is 0.174. The Kier molecular flexibility index (Phi) is 9.35. The summed E-state index contributed by atoms with van der Waals surface area (Å²) in [4.78, 5) is 57.7. The highest BCUT2D eigenvalue weighted by atomic mass is 35.5. The second-order valence-electron chi connectivity index (χ2n) is 13.8. The van der Waals surface area contributed by atoms with Gasteiger partial charge in [0, 0.05) is 79.5 Å². The van der Waals surface area contributed by atoms with Gasteiger partial charge in [0.2, 0.25) is 0 Å². The van der Waals surface area contributed by atoms with Crippen LogP contribution in [0.25, 0.3) is 0 Å². The molecule has 0 bridgehead atoms. The van der Waals surface area contributed by atoms with E-state index in [0.717, 1.165) is 67.1 Å². The number of amides is 3. The average Bonchev–Trinajstić information content (AvgIpc) is 3.62. The Morgan fingerprint density at radius 2 is 1.35 bits per heavy atom. The molecule has 1 fully saturated rings. The lowest BCUT2D eigenvalue weighted by Crippen LogP contribution is -2.67. The van der Waals surface area contributed by atoms with Crippen LogP contribution in [0.4, 0.5) is 11.4 Å². The van der Waals surface area contributed by atoms with E-state index in [-0.39, 0.29) is 23.7 Å². The van der Waals surface area contributed by atoms with E-state index in [1.165, 1.54) is 40.3 Å². The lowest BCUT2D eigenvalue weighted by atomic mass is 9.78. The number of rotatable bonds is 10. The van der Waals surface area contributed by atoms with Crippen LogP contribution in [-0.4, -0.2) is 75.9 Å². The zero-order valence-electron chi connectivity index (χ0n) is 29.8. The molecule has 0 aliphatic carbocycles. The van der Waals surface area contributed by atoms with Gasteiger partial charge in [-0.3, -0.25) is 19.3 Å². The Hall–Kier alpha value is -4.41. The monoisotopic (exact) mass is 724 g/mol. The van der Waals surface area contributed by atoms with Crippen LogP contribution in [0, 0.1) is 0 Å². The van der Waals surface area contributed by atoms with Crippen LogP contribution in [0.1, 0.15) is 84.4 Å². The van der Waals surface area contributed by atoms with E-state index in [1.807, 2.05) is 0 Å². The maximum atomic E-state index is 14.0. The number of hydrogen-bond donors (Lipinski definition) is 1. The fraction of sp³-hybridized carbons (Fsp3) is 0.400. The lowest BCUT2D eigenvalue weighted by molar-refractivity contribution is -0.136. The standard InChI is InChI=1S/C40H45ClN4O5Si/c1-5-43(6-2)26-12-14-30-34(22-26)51(20-10-9-11-21-51)35-23-27(44(7-3)8-4)13-15-31(35)40(30)32-24-29(33(41)25-28(32)39(49)50-40)38(48)42-18-19-45-36(46)16-17-37(45)47/h12-17,22-25H,5-11,18-21H2,1-4H3,(H,42,48). The molecule has 4 aliphatic heterocycles. The third kappa shape index (κ3) is 5.49. The number of halogens is 1.